The van der Waals surface area contributed by atoms with E-state index in [0.717, 1.165) is 6.07 Å². The first-order valence-corrected chi connectivity index (χ1v) is 7.57. The summed E-state index contributed by atoms with van der Waals surface area (Å²) in [6.07, 6.45) is -0.799. The van der Waals surface area contributed by atoms with Crippen molar-refractivity contribution in [1.29, 1.82) is 0 Å². The first-order valence-electron chi connectivity index (χ1n) is 7.19. The Hall–Kier alpha value is -1.73. The smallest absolute Gasteiger partial charge is 0.273 e. The Morgan fingerprint density at radius 3 is 2.83 bits per heavy atom. The Balaban J connectivity index is 1.93. The largest absolute Gasteiger partial charge is 0.348 e. The van der Waals surface area contributed by atoms with Crippen LogP contribution in [0, 0.1) is 11.6 Å². The van der Waals surface area contributed by atoms with Crippen LogP contribution >= 0.6 is 11.6 Å². The van der Waals surface area contributed by atoms with Crippen molar-refractivity contribution < 1.29 is 18.0 Å². The zero-order chi connectivity index (χ0) is 16.7. The topological polar surface area (TPSA) is 48.1 Å². The van der Waals surface area contributed by atoms with Gasteiger partial charge in [0.15, 0.2) is 5.82 Å². The van der Waals surface area contributed by atoms with Gasteiger partial charge in [0.05, 0.1) is 22.5 Å². The second-order valence-corrected chi connectivity index (χ2v) is 5.93. The number of carbonyl (C=O) groups excluding carboxylic acids is 1. The zero-order valence-electron chi connectivity index (χ0n) is 12.3. The van der Waals surface area contributed by atoms with E-state index in [0.29, 0.717) is 13.0 Å². The number of aromatic amines is 1. The fourth-order valence-electron chi connectivity index (χ4n) is 2.90. The van der Waals surface area contributed by atoms with E-state index in [4.69, 9.17) is 11.6 Å². The minimum absolute atomic E-state index is 0.124. The molecule has 0 unspecified atom stereocenters. The van der Waals surface area contributed by atoms with E-state index in [2.05, 4.69) is 10.3 Å². The number of hydrogen-bond donors (Lipinski definition) is 2. The van der Waals surface area contributed by atoms with Crippen molar-refractivity contribution in [2.45, 2.75) is 18.6 Å². The van der Waals surface area contributed by atoms with E-state index in [1.165, 1.54) is 11.0 Å². The van der Waals surface area contributed by atoms with Crippen LogP contribution in [-0.2, 0) is 0 Å². The summed E-state index contributed by atoms with van der Waals surface area (Å²) in [5, 5.41) is 2.29. The fraction of sp³-hybridized carbons (Fsp3) is 0.400. The molecule has 1 fully saturated rings. The minimum Gasteiger partial charge on any atom is -0.348 e. The molecule has 0 saturated carbocycles. The highest BCUT2D eigenvalue weighted by molar-refractivity contribution is 6.35. The molecule has 0 radical (unpaired) electrons. The van der Waals surface area contributed by atoms with E-state index in [1.54, 1.807) is 7.05 Å². The number of carbonyl (C=O) groups is 1. The van der Waals surface area contributed by atoms with Gasteiger partial charge in [-0.15, -0.1) is 0 Å². The molecule has 1 aliphatic heterocycles. The van der Waals surface area contributed by atoms with Gasteiger partial charge in [-0.25, -0.2) is 13.2 Å². The summed E-state index contributed by atoms with van der Waals surface area (Å²) in [5.74, 6) is -2.34. The SMILES string of the molecule is CN[C@H]1CCN(C(=O)c2[nH]c3ccc(F)c(Cl)c3c2F)C[C@H]1F. The number of H-pyrrole nitrogens is 1. The molecule has 1 aromatic heterocycles. The predicted molar refractivity (Wildman–Crippen MR) is 81.5 cm³/mol. The molecule has 23 heavy (non-hydrogen) atoms. The van der Waals surface area contributed by atoms with Crippen LogP contribution in [0.1, 0.15) is 16.9 Å². The molecule has 2 heterocycles. The Kier molecular flexibility index (Phi) is 4.25. The third-order valence-corrected chi connectivity index (χ3v) is 4.58. The molecule has 1 aromatic carbocycles. The number of aromatic nitrogens is 1. The van der Waals surface area contributed by atoms with Crippen molar-refractivity contribution in [1.82, 2.24) is 15.2 Å². The van der Waals surface area contributed by atoms with Crippen molar-refractivity contribution in [3.8, 4) is 0 Å². The number of benzene rings is 1. The van der Waals surface area contributed by atoms with Gasteiger partial charge in [0.1, 0.15) is 17.7 Å². The number of amides is 1. The molecule has 3 rings (SSSR count). The van der Waals surface area contributed by atoms with Crippen molar-refractivity contribution >= 4 is 28.4 Å². The number of nitrogens with one attached hydrogen (secondary N) is 2. The van der Waals surface area contributed by atoms with Crippen molar-refractivity contribution in [2.75, 3.05) is 20.1 Å². The maximum atomic E-state index is 14.5. The molecule has 4 nitrogen and oxygen atoms in total. The van der Waals surface area contributed by atoms with Gasteiger partial charge in [-0.2, -0.15) is 0 Å². The number of fused-ring (bicyclic) bond motifs is 1. The van der Waals surface area contributed by atoms with E-state index in [-0.39, 0.29) is 34.2 Å². The van der Waals surface area contributed by atoms with Crippen LogP contribution in [0.25, 0.3) is 10.9 Å². The van der Waals surface area contributed by atoms with Gasteiger partial charge in [-0.05, 0) is 25.6 Å². The molecular weight excluding hydrogens is 331 g/mol. The number of hydrogen-bond acceptors (Lipinski definition) is 2. The summed E-state index contributed by atoms with van der Waals surface area (Å²) >= 11 is 5.77. The summed E-state index contributed by atoms with van der Waals surface area (Å²) in [4.78, 5) is 16.3. The zero-order valence-corrected chi connectivity index (χ0v) is 13.1. The monoisotopic (exact) mass is 345 g/mol. The Morgan fingerprint density at radius 2 is 2.17 bits per heavy atom. The van der Waals surface area contributed by atoms with Crippen LogP contribution in [0.4, 0.5) is 13.2 Å². The number of rotatable bonds is 2. The average molecular weight is 346 g/mol. The van der Waals surface area contributed by atoms with Gasteiger partial charge in [0, 0.05) is 12.6 Å². The molecule has 2 aromatic rings. The minimum atomic E-state index is -1.23. The molecule has 0 spiro atoms. The molecule has 1 aliphatic rings. The van der Waals surface area contributed by atoms with Gasteiger partial charge >= 0.3 is 0 Å². The Labute approximate surface area is 135 Å². The quantitative estimate of drug-likeness (QED) is 0.879. The van der Waals surface area contributed by atoms with E-state index >= 15 is 0 Å². The normalized spacial score (nSPS) is 21.9. The third kappa shape index (κ3) is 2.68. The van der Waals surface area contributed by atoms with Crippen molar-refractivity contribution in [3.05, 3.63) is 34.5 Å². The summed E-state index contributed by atoms with van der Waals surface area (Å²) in [5.41, 5.74) is -0.109. The van der Waals surface area contributed by atoms with Gasteiger partial charge in [-0.1, -0.05) is 11.6 Å². The lowest BCUT2D eigenvalue weighted by Crippen LogP contribution is -2.51. The summed E-state index contributed by atoms with van der Waals surface area (Å²) in [6, 6.07) is 2.07. The van der Waals surface area contributed by atoms with Gasteiger partial charge in [0.25, 0.3) is 5.91 Å². The molecule has 1 saturated heterocycles. The summed E-state index contributed by atoms with van der Waals surface area (Å²) < 4.78 is 41.9. The van der Waals surface area contributed by atoms with E-state index in [9.17, 15) is 18.0 Å². The lowest BCUT2D eigenvalue weighted by Gasteiger charge is -2.34. The fourth-order valence-corrected chi connectivity index (χ4v) is 3.15. The Bertz CT molecular complexity index is 764. The molecule has 8 heteroatoms. The average Bonchev–Trinajstić information content (AvgIpc) is 2.87. The lowest BCUT2D eigenvalue weighted by molar-refractivity contribution is 0.0570. The maximum absolute atomic E-state index is 14.5. The van der Waals surface area contributed by atoms with E-state index < -0.39 is 23.7 Å². The predicted octanol–water partition coefficient (Wildman–Crippen LogP) is 2.87. The van der Waals surface area contributed by atoms with Crippen LogP contribution in [0.2, 0.25) is 5.02 Å². The number of likely N-dealkylation sites (tertiary alicyclic amines) is 1. The van der Waals surface area contributed by atoms with Crippen LogP contribution in [0.15, 0.2) is 12.1 Å². The maximum Gasteiger partial charge on any atom is 0.273 e. The van der Waals surface area contributed by atoms with Crippen LogP contribution in [-0.4, -0.2) is 48.1 Å². The summed E-state index contributed by atoms with van der Waals surface area (Å²) in [7, 11) is 1.66. The van der Waals surface area contributed by atoms with Crippen LogP contribution in [0.3, 0.4) is 0 Å². The van der Waals surface area contributed by atoms with Crippen LogP contribution < -0.4 is 5.32 Å². The highest BCUT2D eigenvalue weighted by Gasteiger charge is 2.33. The highest BCUT2D eigenvalue weighted by Crippen LogP contribution is 2.31. The molecule has 124 valence electrons. The Morgan fingerprint density at radius 1 is 1.43 bits per heavy atom. The molecule has 2 N–H and O–H groups in total. The third-order valence-electron chi connectivity index (χ3n) is 4.21. The first kappa shape index (κ1) is 16.1. The van der Waals surface area contributed by atoms with E-state index in [1.807, 2.05) is 0 Å². The van der Waals surface area contributed by atoms with Gasteiger partial charge < -0.3 is 15.2 Å². The molecular formula is C15H15ClF3N3O. The second-order valence-electron chi connectivity index (χ2n) is 5.55. The first-order chi connectivity index (χ1) is 10.9. The molecule has 0 bridgehead atoms. The summed E-state index contributed by atoms with van der Waals surface area (Å²) in [6.45, 7) is 0.183. The molecule has 2 atom stereocenters. The number of piperidine rings is 1. The van der Waals surface area contributed by atoms with Crippen molar-refractivity contribution in [3.63, 3.8) is 0 Å². The number of alkyl halides is 1. The highest BCUT2D eigenvalue weighted by atomic mass is 35.5. The molecule has 0 aliphatic carbocycles. The van der Waals surface area contributed by atoms with Gasteiger partial charge in [0.2, 0.25) is 0 Å². The van der Waals surface area contributed by atoms with Crippen LogP contribution in [0.5, 0.6) is 0 Å². The second kappa shape index (κ2) is 6.05. The number of halogens is 4. The van der Waals surface area contributed by atoms with Crippen molar-refractivity contribution in [2.24, 2.45) is 0 Å². The lowest BCUT2D eigenvalue weighted by atomic mass is 10.0. The standard InChI is InChI=1S/C15H15ClF3N3O/c1-20-9-4-5-22(6-8(9)18)15(23)14-13(19)11-10(21-14)3-2-7(17)12(11)16/h2-3,8-9,20-21H,4-6H2,1H3/t8-,9+/m1/s1. The number of nitrogens with zero attached hydrogens (tertiary/aromatic N) is 1. The van der Waals surface area contributed by atoms with Gasteiger partial charge in [-0.3, -0.25) is 4.79 Å². The molecule has 1 amide bonds.